The number of carbonyl (C=O) groups is 1. The number of fused-ring (bicyclic) bond motifs is 1. The minimum atomic E-state index is -0.741. The second kappa shape index (κ2) is 6.48. The van der Waals surface area contributed by atoms with Crippen molar-refractivity contribution in [1.29, 1.82) is 0 Å². The van der Waals surface area contributed by atoms with E-state index in [1.807, 2.05) is 4.52 Å². The first-order valence-electron chi connectivity index (χ1n) is 7.24. The van der Waals surface area contributed by atoms with Crippen molar-refractivity contribution in [2.24, 2.45) is 0 Å². The van der Waals surface area contributed by atoms with Crippen LogP contribution in [-0.4, -0.2) is 44.1 Å². The van der Waals surface area contributed by atoms with Crippen LogP contribution in [0.5, 0.6) is 0 Å². The monoisotopic (exact) mass is 310 g/mol. The number of aryl methyl sites for hydroxylation is 1. The van der Waals surface area contributed by atoms with Crippen molar-refractivity contribution in [3.05, 3.63) is 10.8 Å². The number of hydrogen-bond donors (Lipinski definition) is 1. The van der Waals surface area contributed by atoms with Crippen LogP contribution in [0.15, 0.2) is 0 Å². The normalized spacial score (nSPS) is 16.6. The van der Waals surface area contributed by atoms with Crippen LogP contribution in [0.2, 0.25) is 0 Å². The third-order valence-electron chi connectivity index (χ3n) is 3.67. The second-order valence-electron chi connectivity index (χ2n) is 5.24. The van der Waals surface area contributed by atoms with Crippen molar-refractivity contribution in [2.45, 2.75) is 44.4 Å². The maximum absolute atomic E-state index is 10.5. The average Bonchev–Trinajstić information content (AvgIpc) is 3.04. The number of unbranched alkanes of at least 4 members (excludes halogenated alkanes) is 1. The first-order chi connectivity index (χ1) is 10.2. The molecule has 0 unspecified atom stereocenters. The molecule has 1 N–H and O–H groups in total. The summed E-state index contributed by atoms with van der Waals surface area (Å²) >= 11 is 1.54. The van der Waals surface area contributed by atoms with Gasteiger partial charge in [-0.3, -0.25) is 4.79 Å². The summed E-state index contributed by atoms with van der Waals surface area (Å²) in [6, 6.07) is 0. The Morgan fingerprint density at radius 2 is 2.14 bits per heavy atom. The molecule has 3 heterocycles. The van der Waals surface area contributed by atoms with Gasteiger partial charge in [0.25, 0.3) is 0 Å². The molecule has 0 spiro atoms. The average molecular weight is 310 g/mol. The van der Waals surface area contributed by atoms with Crippen molar-refractivity contribution in [1.82, 2.24) is 19.8 Å². The van der Waals surface area contributed by atoms with Crippen LogP contribution in [0, 0.1) is 0 Å². The first kappa shape index (κ1) is 14.4. The van der Waals surface area contributed by atoms with Crippen LogP contribution < -0.4 is 0 Å². The summed E-state index contributed by atoms with van der Waals surface area (Å²) in [7, 11) is 0. The third-order valence-corrected chi connectivity index (χ3v) is 4.63. The van der Waals surface area contributed by atoms with Gasteiger partial charge < -0.3 is 9.84 Å². The zero-order valence-electron chi connectivity index (χ0n) is 11.7. The van der Waals surface area contributed by atoms with E-state index in [0.29, 0.717) is 12.3 Å². The molecule has 0 saturated carbocycles. The van der Waals surface area contributed by atoms with Gasteiger partial charge in [-0.1, -0.05) is 11.3 Å². The van der Waals surface area contributed by atoms with Gasteiger partial charge in [0.05, 0.1) is 0 Å². The van der Waals surface area contributed by atoms with Gasteiger partial charge in [0.2, 0.25) is 4.96 Å². The van der Waals surface area contributed by atoms with Crippen LogP contribution in [0.1, 0.15) is 48.9 Å². The van der Waals surface area contributed by atoms with Gasteiger partial charge in [-0.25, -0.2) is 0 Å². The fraction of sp³-hybridized carbons (Fsp3) is 0.692. The van der Waals surface area contributed by atoms with E-state index in [2.05, 4.69) is 15.3 Å². The standard InChI is InChI=1S/C13H18N4O3S/c18-11(19)4-2-1-3-10-16-17-12(14-15-13(17)21-10)9-5-7-20-8-6-9/h9H,1-8H2,(H,18,19). The van der Waals surface area contributed by atoms with Gasteiger partial charge in [-0.15, -0.1) is 10.2 Å². The van der Waals surface area contributed by atoms with E-state index in [9.17, 15) is 4.79 Å². The van der Waals surface area contributed by atoms with Crippen LogP contribution >= 0.6 is 11.3 Å². The molecule has 8 heteroatoms. The van der Waals surface area contributed by atoms with Gasteiger partial charge in [0.15, 0.2) is 5.82 Å². The van der Waals surface area contributed by atoms with Gasteiger partial charge in [0, 0.05) is 32.0 Å². The molecule has 0 amide bonds. The lowest BCUT2D eigenvalue weighted by Gasteiger charge is -2.19. The Morgan fingerprint density at radius 1 is 1.33 bits per heavy atom. The number of aromatic nitrogens is 4. The number of nitrogens with zero attached hydrogens (tertiary/aromatic N) is 4. The molecule has 2 aromatic heterocycles. The molecule has 21 heavy (non-hydrogen) atoms. The Morgan fingerprint density at radius 3 is 2.90 bits per heavy atom. The minimum Gasteiger partial charge on any atom is -0.481 e. The quantitative estimate of drug-likeness (QED) is 0.819. The molecular formula is C13H18N4O3S. The fourth-order valence-corrected chi connectivity index (χ4v) is 3.42. The topological polar surface area (TPSA) is 89.6 Å². The molecule has 1 aliphatic rings. The number of carboxylic acids is 1. The Hall–Kier alpha value is -1.54. The predicted molar refractivity (Wildman–Crippen MR) is 76.6 cm³/mol. The first-order valence-corrected chi connectivity index (χ1v) is 8.06. The van der Waals surface area contributed by atoms with Crippen LogP contribution in [0.3, 0.4) is 0 Å². The highest BCUT2D eigenvalue weighted by Gasteiger charge is 2.23. The molecule has 0 aliphatic carbocycles. The Kier molecular flexibility index (Phi) is 4.45. The number of aliphatic carboxylic acids is 1. The lowest BCUT2D eigenvalue weighted by atomic mass is 10.00. The van der Waals surface area contributed by atoms with E-state index < -0.39 is 5.97 Å². The lowest BCUT2D eigenvalue weighted by molar-refractivity contribution is -0.137. The summed E-state index contributed by atoms with van der Waals surface area (Å²) in [5.74, 6) is 0.562. The molecule has 3 rings (SSSR count). The molecule has 7 nitrogen and oxygen atoms in total. The summed E-state index contributed by atoms with van der Waals surface area (Å²) < 4.78 is 7.23. The molecule has 0 radical (unpaired) electrons. The zero-order chi connectivity index (χ0) is 14.7. The molecule has 1 fully saturated rings. The summed E-state index contributed by atoms with van der Waals surface area (Å²) in [5, 5.41) is 22.7. The van der Waals surface area contributed by atoms with E-state index in [1.165, 1.54) is 0 Å². The van der Waals surface area contributed by atoms with Gasteiger partial charge >= 0.3 is 5.97 Å². The largest absolute Gasteiger partial charge is 0.481 e. The molecule has 1 aliphatic heterocycles. The Labute approximate surface area is 125 Å². The highest BCUT2D eigenvalue weighted by Crippen LogP contribution is 2.27. The maximum atomic E-state index is 10.5. The van der Waals surface area contributed by atoms with Crippen LogP contribution in [-0.2, 0) is 16.0 Å². The lowest BCUT2D eigenvalue weighted by Crippen LogP contribution is -2.16. The van der Waals surface area contributed by atoms with Gasteiger partial charge in [0.1, 0.15) is 5.01 Å². The molecule has 0 atom stereocenters. The van der Waals surface area contributed by atoms with Crippen LogP contribution in [0.25, 0.3) is 4.96 Å². The Balaban J connectivity index is 1.66. The van der Waals surface area contributed by atoms with Crippen molar-refractivity contribution in [3.63, 3.8) is 0 Å². The molecule has 114 valence electrons. The highest BCUT2D eigenvalue weighted by molar-refractivity contribution is 7.16. The molecule has 1 saturated heterocycles. The highest BCUT2D eigenvalue weighted by atomic mass is 32.1. The predicted octanol–water partition coefficient (Wildman–Crippen LogP) is 1.88. The van der Waals surface area contributed by atoms with Crippen molar-refractivity contribution in [2.75, 3.05) is 13.2 Å². The molecule has 0 bridgehead atoms. The number of carboxylic acid groups (broad SMARTS) is 1. The number of rotatable bonds is 6. The van der Waals surface area contributed by atoms with E-state index in [-0.39, 0.29) is 6.42 Å². The zero-order valence-corrected chi connectivity index (χ0v) is 12.5. The van der Waals surface area contributed by atoms with E-state index in [1.54, 1.807) is 11.3 Å². The van der Waals surface area contributed by atoms with Crippen molar-refractivity contribution in [3.8, 4) is 0 Å². The SMILES string of the molecule is O=C(O)CCCCc1nn2c(C3CCOCC3)nnc2s1. The molecular weight excluding hydrogens is 292 g/mol. The van der Waals surface area contributed by atoms with E-state index in [0.717, 1.165) is 54.7 Å². The maximum Gasteiger partial charge on any atom is 0.303 e. The van der Waals surface area contributed by atoms with Gasteiger partial charge in [-0.05, 0) is 25.7 Å². The minimum absolute atomic E-state index is 0.220. The Bertz CT molecular complexity index is 618. The summed E-state index contributed by atoms with van der Waals surface area (Å²) in [6.45, 7) is 1.54. The van der Waals surface area contributed by atoms with Crippen molar-refractivity contribution >= 4 is 22.3 Å². The third kappa shape index (κ3) is 3.38. The summed E-state index contributed by atoms with van der Waals surface area (Å²) in [5.41, 5.74) is 0. The van der Waals surface area contributed by atoms with Crippen LogP contribution in [0.4, 0.5) is 0 Å². The van der Waals surface area contributed by atoms with E-state index in [4.69, 9.17) is 9.84 Å². The number of ether oxygens (including phenoxy) is 1. The molecule has 0 aromatic carbocycles. The summed E-state index contributed by atoms with van der Waals surface area (Å²) in [6.07, 6.45) is 4.47. The number of hydrogen-bond acceptors (Lipinski definition) is 6. The van der Waals surface area contributed by atoms with E-state index >= 15 is 0 Å². The second-order valence-corrected chi connectivity index (χ2v) is 6.28. The summed E-state index contributed by atoms with van der Waals surface area (Å²) in [4.78, 5) is 11.3. The van der Waals surface area contributed by atoms with Gasteiger partial charge in [-0.2, -0.15) is 9.61 Å². The smallest absolute Gasteiger partial charge is 0.303 e. The fourth-order valence-electron chi connectivity index (χ4n) is 2.54. The molecule has 2 aromatic rings. The van der Waals surface area contributed by atoms with Crippen molar-refractivity contribution < 1.29 is 14.6 Å².